The Bertz CT molecular complexity index is 484. The maximum Gasteiger partial charge on any atom is 0.123 e. The lowest BCUT2D eigenvalue weighted by Gasteiger charge is -2.29. The van der Waals surface area contributed by atoms with E-state index >= 15 is 0 Å². The van der Waals surface area contributed by atoms with Gasteiger partial charge < -0.3 is 5.11 Å². The highest BCUT2D eigenvalue weighted by Crippen LogP contribution is 2.32. The van der Waals surface area contributed by atoms with Crippen molar-refractivity contribution in [3.63, 3.8) is 0 Å². The van der Waals surface area contributed by atoms with Gasteiger partial charge in [0.2, 0.25) is 0 Å². The molecule has 0 aromatic heterocycles. The van der Waals surface area contributed by atoms with Crippen LogP contribution in [-0.2, 0) is 6.42 Å². The Morgan fingerprint density at radius 3 is 2.89 bits per heavy atom. The van der Waals surface area contributed by atoms with Gasteiger partial charge in [0.15, 0.2) is 0 Å². The topological polar surface area (TPSA) is 20.2 Å². The maximum absolute atomic E-state index is 13.2. The molecule has 2 rings (SSSR count). The quantitative estimate of drug-likeness (QED) is 0.816. The Morgan fingerprint density at radius 1 is 1.47 bits per heavy atom. The standard InChI is InChI=1S/C16H20ClFO/c1-10-5-11(2)7-13(6-10)16(19)9-12-8-14(18)3-4-15(12)17/h3-5,8,10,13,16,19H,6-7,9H2,1-2H3. The fourth-order valence-electron chi connectivity index (χ4n) is 2.98. The molecule has 0 saturated carbocycles. The molecule has 19 heavy (non-hydrogen) atoms. The third-order valence-electron chi connectivity index (χ3n) is 3.81. The van der Waals surface area contributed by atoms with Gasteiger partial charge in [0.25, 0.3) is 0 Å². The first-order valence-corrected chi connectivity index (χ1v) is 7.12. The molecular weight excluding hydrogens is 263 g/mol. The van der Waals surface area contributed by atoms with E-state index < -0.39 is 6.10 Å². The Morgan fingerprint density at radius 2 is 2.21 bits per heavy atom. The molecule has 0 saturated heterocycles. The smallest absolute Gasteiger partial charge is 0.123 e. The summed E-state index contributed by atoms with van der Waals surface area (Å²) in [5.41, 5.74) is 2.02. The predicted octanol–water partition coefficient (Wildman–Crippen LogP) is 4.37. The van der Waals surface area contributed by atoms with E-state index in [-0.39, 0.29) is 11.7 Å². The van der Waals surface area contributed by atoms with Gasteiger partial charge in [-0.2, -0.15) is 0 Å². The number of hydrogen-bond donors (Lipinski definition) is 1. The molecule has 3 heteroatoms. The summed E-state index contributed by atoms with van der Waals surface area (Å²) in [7, 11) is 0. The van der Waals surface area contributed by atoms with Crippen molar-refractivity contribution in [1.82, 2.24) is 0 Å². The van der Waals surface area contributed by atoms with Crippen molar-refractivity contribution in [2.24, 2.45) is 11.8 Å². The lowest BCUT2D eigenvalue weighted by Crippen LogP contribution is -2.27. The average Bonchev–Trinajstić information content (AvgIpc) is 2.32. The summed E-state index contributed by atoms with van der Waals surface area (Å²) in [6.07, 6.45) is 4.11. The number of allylic oxidation sites excluding steroid dienone is 2. The van der Waals surface area contributed by atoms with Gasteiger partial charge in [-0.25, -0.2) is 4.39 Å². The third-order valence-corrected chi connectivity index (χ3v) is 4.18. The van der Waals surface area contributed by atoms with Crippen LogP contribution in [0.3, 0.4) is 0 Å². The second kappa shape index (κ2) is 6.06. The molecule has 104 valence electrons. The first-order valence-electron chi connectivity index (χ1n) is 6.75. The second-order valence-electron chi connectivity index (χ2n) is 5.70. The van der Waals surface area contributed by atoms with Gasteiger partial charge in [-0.15, -0.1) is 0 Å². The summed E-state index contributed by atoms with van der Waals surface area (Å²) >= 11 is 6.05. The van der Waals surface area contributed by atoms with Crippen molar-refractivity contribution >= 4 is 11.6 Å². The van der Waals surface area contributed by atoms with E-state index in [1.165, 1.54) is 17.7 Å². The molecule has 1 nitrogen and oxygen atoms in total. The largest absolute Gasteiger partial charge is 0.392 e. The number of aliphatic hydroxyl groups is 1. The summed E-state index contributed by atoms with van der Waals surface area (Å²) < 4.78 is 13.2. The summed E-state index contributed by atoms with van der Waals surface area (Å²) in [5, 5.41) is 10.9. The van der Waals surface area contributed by atoms with Crippen LogP contribution in [0.4, 0.5) is 4.39 Å². The third kappa shape index (κ3) is 3.80. The fourth-order valence-corrected chi connectivity index (χ4v) is 3.18. The average molecular weight is 283 g/mol. The lowest BCUT2D eigenvalue weighted by molar-refractivity contribution is 0.0932. The molecule has 0 spiro atoms. The van der Waals surface area contributed by atoms with Crippen LogP contribution in [0.2, 0.25) is 5.02 Å². The zero-order valence-corrected chi connectivity index (χ0v) is 12.1. The van der Waals surface area contributed by atoms with Gasteiger partial charge in [-0.05, 0) is 55.4 Å². The van der Waals surface area contributed by atoms with Crippen LogP contribution in [0, 0.1) is 17.7 Å². The summed E-state index contributed by atoms with van der Waals surface area (Å²) in [5.74, 6) is 0.426. The number of aliphatic hydroxyl groups excluding tert-OH is 1. The van der Waals surface area contributed by atoms with Crippen LogP contribution in [0.5, 0.6) is 0 Å². The first kappa shape index (κ1) is 14.5. The Labute approximate surface area is 119 Å². The second-order valence-corrected chi connectivity index (χ2v) is 6.10. The van der Waals surface area contributed by atoms with Crippen molar-refractivity contribution in [2.75, 3.05) is 0 Å². The van der Waals surface area contributed by atoms with Crippen LogP contribution in [0.1, 0.15) is 32.3 Å². The molecule has 0 heterocycles. The highest BCUT2D eigenvalue weighted by Gasteiger charge is 2.25. The molecule has 1 aromatic rings. The van der Waals surface area contributed by atoms with Crippen molar-refractivity contribution in [3.05, 3.63) is 46.3 Å². The molecule has 3 unspecified atom stereocenters. The van der Waals surface area contributed by atoms with Crippen LogP contribution >= 0.6 is 11.6 Å². The molecule has 1 aliphatic carbocycles. The van der Waals surface area contributed by atoms with Gasteiger partial charge >= 0.3 is 0 Å². The van der Waals surface area contributed by atoms with Crippen LogP contribution in [0.15, 0.2) is 29.8 Å². The molecule has 1 N–H and O–H groups in total. The molecule has 0 radical (unpaired) electrons. The van der Waals surface area contributed by atoms with Gasteiger partial charge in [-0.3, -0.25) is 0 Å². The van der Waals surface area contributed by atoms with E-state index in [4.69, 9.17) is 11.6 Å². The van der Waals surface area contributed by atoms with Crippen LogP contribution in [0.25, 0.3) is 0 Å². The van der Waals surface area contributed by atoms with Crippen molar-refractivity contribution in [2.45, 2.75) is 39.2 Å². The summed E-state index contributed by atoms with van der Waals surface area (Å²) in [4.78, 5) is 0. The SMILES string of the molecule is CC1=CC(C)CC(C(O)Cc2cc(F)ccc2Cl)C1. The zero-order valence-electron chi connectivity index (χ0n) is 11.4. The molecule has 0 bridgehead atoms. The summed E-state index contributed by atoms with van der Waals surface area (Å²) in [6.45, 7) is 4.27. The van der Waals surface area contributed by atoms with E-state index in [0.29, 0.717) is 22.9 Å². The monoisotopic (exact) mass is 282 g/mol. The Hall–Kier alpha value is -0.860. The molecule has 0 amide bonds. The molecular formula is C16H20ClFO. The number of benzene rings is 1. The van der Waals surface area contributed by atoms with Crippen LogP contribution in [-0.4, -0.2) is 11.2 Å². The van der Waals surface area contributed by atoms with E-state index in [1.54, 1.807) is 6.07 Å². The normalized spacial score (nSPS) is 25.0. The van der Waals surface area contributed by atoms with Gasteiger partial charge in [0.05, 0.1) is 6.10 Å². The number of halogens is 2. The molecule has 3 atom stereocenters. The number of hydrogen-bond acceptors (Lipinski definition) is 1. The first-order chi connectivity index (χ1) is 8.95. The minimum atomic E-state index is -0.467. The van der Waals surface area contributed by atoms with Crippen molar-refractivity contribution in [1.29, 1.82) is 0 Å². The van der Waals surface area contributed by atoms with E-state index in [1.807, 2.05) is 0 Å². The predicted molar refractivity (Wildman–Crippen MR) is 76.8 cm³/mol. The fraction of sp³-hybridized carbons (Fsp3) is 0.500. The molecule has 1 aromatic carbocycles. The highest BCUT2D eigenvalue weighted by molar-refractivity contribution is 6.31. The van der Waals surface area contributed by atoms with E-state index in [0.717, 1.165) is 12.8 Å². The van der Waals surface area contributed by atoms with Gasteiger partial charge in [0, 0.05) is 11.4 Å². The maximum atomic E-state index is 13.2. The van der Waals surface area contributed by atoms with Gasteiger partial charge in [0.1, 0.15) is 5.82 Å². The Kier molecular flexibility index (Phi) is 4.64. The van der Waals surface area contributed by atoms with Crippen molar-refractivity contribution < 1.29 is 9.50 Å². The minimum Gasteiger partial charge on any atom is -0.392 e. The number of rotatable bonds is 3. The lowest BCUT2D eigenvalue weighted by atomic mass is 9.79. The van der Waals surface area contributed by atoms with E-state index in [9.17, 15) is 9.50 Å². The summed E-state index contributed by atoms with van der Waals surface area (Å²) in [6, 6.07) is 4.31. The molecule has 0 aliphatic heterocycles. The minimum absolute atomic E-state index is 0.235. The van der Waals surface area contributed by atoms with Crippen LogP contribution < -0.4 is 0 Å². The van der Waals surface area contributed by atoms with Crippen molar-refractivity contribution in [3.8, 4) is 0 Å². The zero-order chi connectivity index (χ0) is 14.0. The van der Waals surface area contributed by atoms with E-state index in [2.05, 4.69) is 19.9 Å². The molecule has 0 fully saturated rings. The highest BCUT2D eigenvalue weighted by atomic mass is 35.5. The molecule has 1 aliphatic rings. The Balaban J connectivity index is 2.07. The van der Waals surface area contributed by atoms with Gasteiger partial charge in [-0.1, -0.05) is 30.2 Å².